The van der Waals surface area contributed by atoms with Crippen LogP contribution in [0.3, 0.4) is 0 Å². The van der Waals surface area contributed by atoms with Crippen molar-refractivity contribution in [3.05, 3.63) is 199 Å². The van der Waals surface area contributed by atoms with Crippen molar-refractivity contribution in [2.24, 2.45) is 0 Å². The molecule has 302 valence electrons. The molecule has 4 aliphatic rings. The van der Waals surface area contributed by atoms with Crippen LogP contribution in [0, 0.1) is 6.92 Å². The van der Waals surface area contributed by atoms with E-state index in [1.807, 2.05) is 0 Å². The molecule has 1 aliphatic carbocycles. The van der Waals surface area contributed by atoms with Crippen LogP contribution in [0.15, 0.2) is 188 Å². The lowest BCUT2D eigenvalue weighted by Gasteiger charge is -2.52. The number of nitrogens with zero attached hydrogens (tertiary/aromatic N) is 3. The van der Waals surface area contributed by atoms with Crippen LogP contribution in [0.2, 0.25) is 0 Å². The average molecular weight is 810 g/mol. The average Bonchev–Trinajstić information content (AvgIpc) is 3.54. The van der Waals surface area contributed by atoms with E-state index in [2.05, 4.69) is 224 Å². The van der Waals surface area contributed by atoms with Crippen molar-refractivity contribution in [2.45, 2.75) is 57.4 Å². The molecule has 13 rings (SSSR count). The summed E-state index contributed by atoms with van der Waals surface area (Å²) in [5.41, 5.74) is 19.4. The zero-order valence-corrected chi connectivity index (χ0v) is 36.1. The van der Waals surface area contributed by atoms with Gasteiger partial charge in [0.1, 0.15) is 0 Å². The smallest absolute Gasteiger partial charge is 0.252 e. The molecular formula is C59H48BN3. The molecule has 0 amide bonds. The number of rotatable bonds is 5. The monoisotopic (exact) mass is 809 g/mol. The van der Waals surface area contributed by atoms with E-state index in [0.717, 1.165) is 17.1 Å². The van der Waals surface area contributed by atoms with E-state index in [4.69, 9.17) is 0 Å². The van der Waals surface area contributed by atoms with Gasteiger partial charge in [-0.25, -0.2) is 0 Å². The van der Waals surface area contributed by atoms with E-state index >= 15 is 0 Å². The molecular weight excluding hydrogens is 761 g/mol. The summed E-state index contributed by atoms with van der Waals surface area (Å²) < 4.78 is 0. The quantitative estimate of drug-likeness (QED) is 0.160. The maximum Gasteiger partial charge on any atom is 0.252 e. The Morgan fingerprint density at radius 3 is 1.97 bits per heavy atom. The second kappa shape index (κ2) is 13.5. The Labute approximate surface area is 371 Å². The molecule has 2 unspecified atom stereocenters. The first kappa shape index (κ1) is 36.6. The van der Waals surface area contributed by atoms with Crippen LogP contribution >= 0.6 is 0 Å². The Hall–Kier alpha value is -7.04. The van der Waals surface area contributed by atoms with Gasteiger partial charge in [-0.3, -0.25) is 0 Å². The summed E-state index contributed by atoms with van der Waals surface area (Å²) in [6, 6.07) is 70.7. The third-order valence-electron chi connectivity index (χ3n) is 15.5. The predicted octanol–water partition coefficient (Wildman–Crippen LogP) is 13.8. The Morgan fingerprint density at radius 1 is 0.492 bits per heavy atom. The van der Waals surface area contributed by atoms with Gasteiger partial charge < -0.3 is 14.7 Å². The molecule has 2 atom stereocenters. The molecule has 9 aromatic carbocycles. The first-order valence-corrected chi connectivity index (χ1v) is 22.8. The Bertz CT molecular complexity index is 3340. The molecule has 0 spiro atoms. The van der Waals surface area contributed by atoms with E-state index in [9.17, 15) is 0 Å². The van der Waals surface area contributed by atoms with E-state index in [1.54, 1.807) is 0 Å². The number of hydrogen-bond donors (Lipinski definition) is 0. The van der Waals surface area contributed by atoms with Crippen molar-refractivity contribution in [3.63, 3.8) is 0 Å². The van der Waals surface area contributed by atoms with Gasteiger partial charge in [0.25, 0.3) is 6.71 Å². The topological polar surface area (TPSA) is 9.72 Å². The molecule has 63 heavy (non-hydrogen) atoms. The van der Waals surface area contributed by atoms with Crippen molar-refractivity contribution in [1.29, 1.82) is 0 Å². The Kier molecular flexibility index (Phi) is 7.83. The van der Waals surface area contributed by atoms with E-state index in [1.165, 1.54) is 114 Å². The third kappa shape index (κ3) is 5.21. The largest absolute Gasteiger partial charge is 0.335 e. The van der Waals surface area contributed by atoms with Gasteiger partial charge in [0.2, 0.25) is 0 Å². The minimum absolute atomic E-state index is 0.000324. The highest BCUT2D eigenvalue weighted by Crippen LogP contribution is 2.61. The predicted molar refractivity (Wildman–Crippen MR) is 268 cm³/mol. The fraction of sp³-hybridized carbons (Fsp3) is 0.153. The molecule has 0 bridgehead atoms. The van der Waals surface area contributed by atoms with Gasteiger partial charge in [0.05, 0.1) is 5.54 Å². The molecule has 0 saturated heterocycles. The summed E-state index contributed by atoms with van der Waals surface area (Å²) in [4.78, 5) is 7.86. The summed E-state index contributed by atoms with van der Waals surface area (Å²) in [5, 5.41) is 4.96. The number of benzene rings is 9. The molecule has 0 N–H and O–H groups in total. The maximum absolute atomic E-state index is 2.83. The summed E-state index contributed by atoms with van der Waals surface area (Å²) in [5.74, 6) is 0. The molecule has 1 saturated carbocycles. The summed E-state index contributed by atoms with van der Waals surface area (Å²) in [7, 11) is 0. The van der Waals surface area contributed by atoms with Crippen molar-refractivity contribution >= 4 is 90.1 Å². The van der Waals surface area contributed by atoms with Gasteiger partial charge in [0.15, 0.2) is 0 Å². The second-order valence-electron chi connectivity index (χ2n) is 18.9. The third-order valence-corrected chi connectivity index (χ3v) is 15.5. The van der Waals surface area contributed by atoms with Crippen molar-refractivity contribution in [3.8, 4) is 11.1 Å². The molecule has 3 heterocycles. The first-order chi connectivity index (χ1) is 30.9. The van der Waals surface area contributed by atoms with E-state index in [0.29, 0.717) is 0 Å². The Balaban J connectivity index is 1.05. The zero-order chi connectivity index (χ0) is 42.0. The van der Waals surface area contributed by atoms with Crippen molar-refractivity contribution < 1.29 is 0 Å². The van der Waals surface area contributed by atoms with E-state index < -0.39 is 0 Å². The number of anilines is 8. The highest BCUT2D eigenvalue weighted by molar-refractivity contribution is 7.00. The van der Waals surface area contributed by atoms with Gasteiger partial charge >= 0.3 is 0 Å². The van der Waals surface area contributed by atoms with Crippen molar-refractivity contribution in [2.75, 3.05) is 14.7 Å². The van der Waals surface area contributed by atoms with Crippen LogP contribution in [0.1, 0.15) is 50.7 Å². The maximum atomic E-state index is 2.83. The van der Waals surface area contributed by atoms with Crippen molar-refractivity contribution in [1.82, 2.24) is 0 Å². The second-order valence-corrected chi connectivity index (χ2v) is 18.9. The number of fused-ring (bicyclic) bond motifs is 9. The highest BCUT2D eigenvalue weighted by atomic mass is 15.3. The van der Waals surface area contributed by atoms with Gasteiger partial charge in [-0.1, -0.05) is 141 Å². The summed E-state index contributed by atoms with van der Waals surface area (Å²) >= 11 is 0. The number of aryl methyl sites for hydroxylation is 1. The van der Waals surface area contributed by atoms with Crippen LogP contribution in [-0.4, -0.2) is 12.3 Å². The normalized spacial score (nSPS) is 19.1. The summed E-state index contributed by atoms with van der Waals surface area (Å²) in [6.07, 6.45) is 4.97. The molecule has 0 aromatic heterocycles. The lowest BCUT2D eigenvalue weighted by molar-refractivity contribution is 0.195. The van der Waals surface area contributed by atoms with Crippen LogP contribution < -0.4 is 31.1 Å². The fourth-order valence-corrected chi connectivity index (χ4v) is 12.4. The SMILES string of the molecule is Cc1cc2c3c(c1)N1c4c(cccc4C4(C)CCCCC14C)B3c1ccc(N(c3cccc(-c4ccc5ccccc5c4)c3)c3ccc4ccccc4c3)cc1N2c1ccccc1. The highest BCUT2D eigenvalue weighted by Gasteiger charge is 2.61. The molecule has 1 fully saturated rings. The lowest BCUT2D eigenvalue weighted by Crippen LogP contribution is -2.64. The minimum Gasteiger partial charge on any atom is -0.335 e. The lowest BCUT2D eigenvalue weighted by atomic mass is 9.33. The van der Waals surface area contributed by atoms with Gasteiger partial charge in [-0.15, -0.1) is 0 Å². The van der Waals surface area contributed by atoms with Gasteiger partial charge in [-0.2, -0.15) is 0 Å². The number of hydrogen-bond acceptors (Lipinski definition) is 3. The van der Waals surface area contributed by atoms with Crippen LogP contribution in [0.5, 0.6) is 0 Å². The first-order valence-electron chi connectivity index (χ1n) is 22.8. The molecule has 4 heteroatoms. The molecule has 0 radical (unpaired) electrons. The molecule has 9 aromatic rings. The summed E-state index contributed by atoms with van der Waals surface area (Å²) in [6.45, 7) is 7.53. The van der Waals surface area contributed by atoms with Crippen LogP contribution in [-0.2, 0) is 5.41 Å². The number of para-hydroxylation sites is 2. The molecule has 3 aliphatic heterocycles. The Morgan fingerprint density at radius 2 is 1.14 bits per heavy atom. The standard InChI is InChI=1S/C59H48BN3/c1-39-33-54-56-55(34-39)63-57-50(58(2)31-11-12-32-59(58,63)3)23-14-24-52(57)60(56)51-30-29-49(38-53(51)62(54)46-20-5-4-6-21-46)61(48-28-27-41-16-8-10-18-43(41)36-48)47-22-13-19-44(37-47)45-26-25-40-15-7-9-17-42(40)35-45/h4-10,13-30,33-38H,11-12,31-32H2,1-3H3. The minimum atomic E-state index is -0.000324. The van der Waals surface area contributed by atoms with Gasteiger partial charge in [-0.05, 0) is 154 Å². The van der Waals surface area contributed by atoms with E-state index in [-0.39, 0.29) is 17.7 Å². The van der Waals surface area contributed by atoms with Gasteiger partial charge in [0, 0.05) is 50.9 Å². The molecule has 3 nitrogen and oxygen atoms in total. The fourth-order valence-electron chi connectivity index (χ4n) is 12.4. The van der Waals surface area contributed by atoms with Crippen LogP contribution in [0.4, 0.5) is 45.5 Å². The zero-order valence-electron chi connectivity index (χ0n) is 36.1. The van der Waals surface area contributed by atoms with Crippen LogP contribution in [0.25, 0.3) is 32.7 Å².